The molecule has 0 N–H and O–H groups in total. The lowest BCUT2D eigenvalue weighted by atomic mass is 9.87. The summed E-state index contributed by atoms with van der Waals surface area (Å²) in [5.41, 5.74) is 0.284. The Balaban J connectivity index is 2.91. The number of nitrogens with zero attached hydrogens (tertiary/aromatic N) is 3. The Morgan fingerprint density at radius 2 is 2.00 bits per heavy atom. The minimum absolute atomic E-state index is 0.0103. The standard InChI is InChI=1S/C12H18ClN3O/c1-8(12(2,3)4)16(5)11(17)9-6-14-7-10(13)15-9/h6-8H,1-5H3. The van der Waals surface area contributed by atoms with E-state index in [1.807, 2.05) is 6.92 Å². The van der Waals surface area contributed by atoms with E-state index in [1.165, 1.54) is 12.4 Å². The molecule has 17 heavy (non-hydrogen) atoms. The third-order valence-electron chi connectivity index (χ3n) is 2.98. The van der Waals surface area contributed by atoms with E-state index in [9.17, 15) is 4.79 Å². The second-order valence-electron chi connectivity index (χ2n) is 5.19. The first-order valence-corrected chi connectivity index (χ1v) is 5.86. The molecular weight excluding hydrogens is 238 g/mol. The molecule has 1 unspecified atom stereocenters. The normalized spacial score (nSPS) is 13.3. The summed E-state index contributed by atoms with van der Waals surface area (Å²) < 4.78 is 0. The van der Waals surface area contributed by atoms with E-state index in [-0.39, 0.29) is 28.2 Å². The number of hydrogen-bond acceptors (Lipinski definition) is 3. The van der Waals surface area contributed by atoms with Gasteiger partial charge in [-0.05, 0) is 12.3 Å². The molecule has 0 aliphatic carbocycles. The Morgan fingerprint density at radius 1 is 1.41 bits per heavy atom. The molecule has 1 atom stereocenters. The van der Waals surface area contributed by atoms with Gasteiger partial charge in [-0.1, -0.05) is 32.4 Å². The molecule has 0 saturated heterocycles. The Morgan fingerprint density at radius 3 is 2.47 bits per heavy atom. The molecule has 1 aromatic heterocycles. The van der Waals surface area contributed by atoms with Crippen molar-refractivity contribution in [1.82, 2.24) is 14.9 Å². The highest BCUT2D eigenvalue weighted by Crippen LogP contribution is 2.23. The van der Waals surface area contributed by atoms with Gasteiger partial charge < -0.3 is 4.90 Å². The van der Waals surface area contributed by atoms with Gasteiger partial charge in [0.1, 0.15) is 10.8 Å². The van der Waals surface area contributed by atoms with Crippen LogP contribution in [0.15, 0.2) is 12.4 Å². The van der Waals surface area contributed by atoms with Crippen molar-refractivity contribution in [2.45, 2.75) is 33.7 Å². The number of carbonyl (C=O) groups excluding carboxylic acids is 1. The first-order chi connectivity index (χ1) is 7.73. The van der Waals surface area contributed by atoms with Crippen LogP contribution in [0.5, 0.6) is 0 Å². The summed E-state index contributed by atoms with van der Waals surface area (Å²) in [6.45, 7) is 8.27. The minimum atomic E-state index is -0.164. The molecule has 0 aliphatic rings. The zero-order valence-electron chi connectivity index (χ0n) is 10.9. The van der Waals surface area contributed by atoms with E-state index in [1.54, 1.807) is 11.9 Å². The van der Waals surface area contributed by atoms with Crippen LogP contribution < -0.4 is 0 Å². The first-order valence-electron chi connectivity index (χ1n) is 5.48. The smallest absolute Gasteiger partial charge is 0.274 e. The lowest BCUT2D eigenvalue weighted by Gasteiger charge is -2.35. The highest BCUT2D eigenvalue weighted by Gasteiger charge is 2.28. The average molecular weight is 256 g/mol. The molecule has 0 aromatic carbocycles. The molecule has 5 heteroatoms. The van der Waals surface area contributed by atoms with Crippen LogP contribution in [0, 0.1) is 5.41 Å². The third kappa shape index (κ3) is 3.40. The number of halogens is 1. The summed E-state index contributed by atoms with van der Waals surface area (Å²) in [6.07, 6.45) is 2.84. The van der Waals surface area contributed by atoms with E-state index in [4.69, 9.17) is 11.6 Å². The van der Waals surface area contributed by atoms with Crippen molar-refractivity contribution in [3.63, 3.8) is 0 Å². The fourth-order valence-corrected chi connectivity index (χ4v) is 1.53. The van der Waals surface area contributed by atoms with Crippen molar-refractivity contribution in [2.75, 3.05) is 7.05 Å². The molecule has 1 heterocycles. The Bertz CT molecular complexity index is 414. The molecule has 0 radical (unpaired) electrons. The number of rotatable bonds is 2. The van der Waals surface area contributed by atoms with Crippen LogP contribution in [-0.4, -0.2) is 33.9 Å². The van der Waals surface area contributed by atoms with Crippen molar-refractivity contribution < 1.29 is 4.79 Å². The van der Waals surface area contributed by atoms with E-state index < -0.39 is 0 Å². The van der Waals surface area contributed by atoms with Crippen LogP contribution in [0.3, 0.4) is 0 Å². The van der Waals surface area contributed by atoms with Gasteiger partial charge in [-0.15, -0.1) is 0 Å². The lowest BCUT2D eigenvalue weighted by molar-refractivity contribution is 0.0623. The largest absolute Gasteiger partial charge is 0.337 e. The quantitative estimate of drug-likeness (QED) is 0.816. The summed E-state index contributed by atoms with van der Waals surface area (Å²) in [4.78, 5) is 21.7. The van der Waals surface area contributed by atoms with E-state index in [2.05, 4.69) is 30.7 Å². The number of hydrogen-bond donors (Lipinski definition) is 0. The average Bonchev–Trinajstić information content (AvgIpc) is 2.25. The van der Waals surface area contributed by atoms with Gasteiger partial charge in [0.05, 0.1) is 12.4 Å². The van der Waals surface area contributed by atoms with Crippen molar-refractivity contribution in [3.05, 3.63) is 23.2 Å². The van der Waals surface area contributed by atoms with Gasteiger partial charge in [0, 0.05) is 13.1 Å². The minimum Gasteiger partial charge on any atom is -0.337 e. The summed E-state index contributed by atoms with van der Waals surface area (Å²) in [5.74, 6) is -0.164. The molecule has 0 saturated carbocycles. The van der Waals surface area contributed by atoms with Crippen LogP contribution in [-0.2, 0) is 0 Å². The molecule has 0 spiro atoms. The summed E-state index contributed by atoms with van der Waals surface area (Å²) in [6, 6.07) is 0.0933. The predicted molar refractivity (Wildman–Crippen MR) is 68.1 cm³/mol. The SMILES string of the molecule is CC(N(C)C(=O)c1cncc(Cl)n1)C(C)(C)C. The van der Waals surface area contributed by atoms with E-state index >= 15 is 0 Å². The molecular formula is C12H18ClN3O. The molecule has 94 valence electrons. The van der Waals surface area contributed by atoms with Gasteiger partial charge in [-0.2, -0.15) is 0 Å². The number of aromatic nitrogens is 2. The monoisotopic (exact) mass is 255 g/mol. The molecule has 0 aliphatic heterocycles. The van der Waals surface area contributed by atoms with Gasteiger partial charge in [-0.3, -0.25) is 9.78 Å². The van der Waals surface area contributed by atoms with Crippen LogP contribution in [0.1, 0.15) is 38.2 Å². The van der Waals surface area contributed by atoms with Crippen molar-refractivity contribution in [1.29, 1.82) is 0 Å². The van der Waals surface area contributed by atoms with Crippen LogP contribution >= 0.6 is 11.6 Å². The fraction of sp³-hybridized carbons (Fsp3) is 0.583. The Hall–Kier alpha value is -1.16. The van der Waals surface area contributed by atoms with Crippen molar-refractivity contribution >= 4 is 17.5 Å². The third-order valence-corrected chi connectivity index (χ3v) is 3.16. The second-order valence-corrected chi connectivity index (χ2v) is 5.57. The van der Waals surface area contributed by atoms with Gasteiger partial charge >= 0.3 is 0 Å². The Labute approximate surface area is 107 Å². The molecule has 1 aromatic rings. The lowest BCUT2D eigenvalue weighted by Crippen LogP contribution is -2.43. The van der Waals surface area contributed by atoms with Crippen molar-refractivity contribution in [3.8, 4) is 0 Å². The zero-order chi connectivity index (χ0) is 13.2. The van der Waals surface area contributed by atoms with Crippen LogP contribution in [0.4, 0.5) is 0 Å². The fourth-order valence-electron chi connectivity index (χ4n) is 1.38. The summed E-state index contributed by atoms with van der Waals surface area (Å²) >= 11 is 5.72. The maximum atomic E-state index is 12.1. The van der Waals surface area contributed by atoms with Gasteiger partial charge in [-0.25, -0.2) is 4.98 Å². The zero-order valence-corrected chi connectivity index (χ0v) is 11.6. The molecule has 0 fully saturated rings. The first kappa shape index (κ1) is 13.9. The van der Waals surface area contributed by atoms with Crippen molar-refractivity contribution in [2.24, 2.45) is 5.41 Å². The number of amides is 1. The van der Waals surface area contributed by atoms with E-state index in [0.29, 0.717) is 0 Å². The molecule has 1 amide bonds. The summed E-state index contributed by atoms with van der Waals surface area (Å²) in [5, 5.41) is 0.229. The second kappa shape index (κ2) is 5.00. The molecule has 0 bridgehead atoms. The topological polar surface area (TPSA) is 46.1 Å². The highest BCUT2D eigenvalue weighted by molar-refractivity contribution is 6.29. The number of carbonyl (C=O) groups is 1. The maximum absolute atomic E-state index is 12.1. The van der Waals surface area contributed by atoms with Crippen LogP contribution in [0.2, 0.25) is 5.15 Å². The van der Waals surface area contributed by atoms with E-state index in [0.717, 1.165) is 0 Å². The highest BCUT2D eigenvalue weighted by atomic mass is 35.5. The van der Waals surface area contributed by atoms with Gasteiger partial charge in [0.2, 0.25) is 0 Å². The Kier molecular flexibility index (Phi) is 4.09. The van der Waals surface area contributed by atoms with Gasteiger partial charge in [0.25, 0.3) is 5.91 Å². The summed E-state index contributed by atoms with van der Waals surface area (Å²) in [7, 11) is 1.76. The maximum Gasteiger partial charge on any atom is 0.274 e. The van der Waals surface area contributed by atoms with Crippen LogP contribution in [0.25, 0.3) is 0 Å². The molecule has 4 nitrogen and oxygen atoms in total. The molecule has 1 rings (SSSR count). The van der Waals surface area contributed by atoms with Gasteiger partial charge in [0.15, 0.2) is 0 Å². The predicted octanol–water partition coefficient (Wildman–Crippen LogP) is 2.64.